The van der Waals surface area contributed by atoms with Crippen LogP contribution in [0.4, 0.5) is 15.9 Å². The van der Waals surface area contributed by atoms with Crippen molar-refractivity contribution < 1.29 is 4.39 Å². The van der Waals surface area contributed by atoms with E-state index in [1.807, 2.05) is 12.3 Å². The fourth-order valence-electron chi connectivity index (χ4n) is 4.29. The average molecular weight is 491 g/mol. The molecule has 0 amide bonds. The third-order valence-corrected chi connectivity index (χ3v) is 7.08. The van der Waals surface area contributed by atoms with E-state index in [2.05, 4.69) is 59.5 Å². The van der Waals surface area contributed by atoms with Crippen LogP contribution in [0, 0.1) is 5.82 Å². The molecule has 1 aromatic carbocycles. The number of nitrogens with zero attached hydrogens (tertiary/aromatic N) is 5. The van der Waals surface area contributed by atoms with Crippen molar-refractivity contribution >= 4 is 45.3 Å². The number of benzene rings is 1. The molecule has 7 heteroatoms. The molecule has 2 aliphatic rings. The van der Waals surface area contributed by atoms with Crippen molar-refractivity contribution in [3.8, 4) is 0 Å². The minimum Gasteiger partial charge on any atom is -0.365 e. The first-order valence-electron chi connectivity index (χ1n) is 9.72. The van der Waals surface area contributed by atoms with Crippen LogP contribution in [0.15, 0.2) is 36.5 Å². The van der Waals surface area contributed by atoms with Crippen molar-refractivity contribution in [3.05, 3.63) is 53.6 Å². The predicted molar refractivity (Wildman–Crippen MR) is 120 cm³/mol. The van der Waals surface area contributed by atoms with Gasteiger partial charge in [0.05, 0.1) is 40.3 Å². The minimum atomic E-state index is -0.180. The van der Waals surface area contributed by atoms with E-state index in [9.17, 15) is 4.39 Å². The molecule has 3 aromatic rings. The molecule has 0 aliphatic carbocycles. The molecule has 5 nitrogen and oxygen atoms in total. The average Bonchev–Trinajstić information content (AvgIpc) is 3.00. The third-order valence-electron chi connectivity index (χ3n) is 5.97. The van der Waals surface area contributed by atoms with Crippen LogP contribution in [0.1, 0.15) is 11.3 Å². The SMILES string of the molecule is CN1CCN(c2ccc(N3CCc4c(c5ccc(F)cc5n4I)C3)cn2)CC1. The fraction of sp³-hybridized carbons (Fsp3) is 0.381. The number of piperazine rings is 1. The van der Waals surface area contributed by atoms with E-state index >= 15 is 0 Å². The molecule has 0 bridgehead atoms. The van der Waals surface area contributed by atoms with E-state index in [-0.39, 0.29) is 5.82 Å². The van der Waals surface area contributed by atoms with E-state index in [1.54, 1.807) is 12.1 Å². The second kappa shape index (κ2) is 7.18. The zero-order valence-corrected chi connectivity index (χ0v) is 18.1. The van der Waals surface area contributed by atoms with E-state index in [0.717, 1.165) is 68.1 Å². The molecule has 5 rings (SSSR count). The Balaban J connectivity index is 1.39. The van der Waals surface area contributed by atoms with Gasteiger partial charge in [0.2, 0.25) is 0 Å². The van der Waals surface area contributed by atoms with Gasteiger partial charge in [0.1, 0.15) is 11.6 Å². The molecule has 28 heavy (non-hydrogen) atoms. The molecule has 1 fully saturated rings. The Morgan fingerprint density at radius 2 is 1.82 bits per heavy atom. The number of likely N-dealkylation sites (N-methyl/N-ethyl adjacent to an activating group) is 1. The van der Waals surface area contributed by atoms with Gasteiger partial charge >= 0.3 is 0 Å². The van der Waals surface area contributed by atoms with Crippen molar-refractivity contribution in [2.75, 3.05) is 49.6 Å². The molecule has 0 atom stereocenters. The van der Waals surface area contributed by atoms with Crippen molar-refractivity contribution in [1.82, 2.24) is 12.7 Å². The molecule has 0 N–H and O–H groups in total. The van der Waals surface area contributed by atoms with Crippen molar-refractivity contribution in [3.63, 3.8) is 0 Å². The van der Waals surface area contributed by atoms with Crippen molar-refractivity contribution in [2.45, 2.75) is 13.0 Å². The maximum absolute atomic E-state index is 13.7. The first-order valence-corrected chi connectivity index (χ1v) is 10.7. The second-order valence-electron chi connectivity index (χ2n) is 7.70. The summed E-state index contributed by atoms with van der Waals surface area (Å²) in [5.41, 5.74) is 4.73. The van der Waals surface area contributed by atoms with Gasteiger partial charge in [0.15, 0.2) is 0 Å². The summed E-state index contributed by atoms with van der Waals surface area (Å²) in [4.78, 5) is 11.8. The standard InChI is InChI=1S/C21H23FIN5/c1-25-8-10-26(11-9-25)21-5-3-16(13-24-21)27-7-6-19-18(14-27)17-4-2-15(22)12-20(17)28(19)23/h2-5,12-13H,6-11,14H2,1H3. The van der Waals surface area contributed by atoms with Gasteiger partial charge in [-0.25, -0.2) is 9.37 Å². The molecule has 4 heterocycles. The molecule has 0 spiro atoms. The van der Waals surface area contributed by atoms with Crippen molar-refractivity contribution in [2.24, 2.45) is 0 Å². The van der Waals surface area contributed by atoms with Crippen LogP contribution in [-0.4, -0.2) is 52.4 Å². The topological polar surface area (TPSA) is 27.5 Å². The van der Waals surface area contributed by atoms with Gasteiger partial charge in [-0.3, -0.25) is 2.78 Å². The number of aromatic nitrogens is 2. The van der Waals surface area contributed by atoms with E-state index in [0.29, 0.717) is 0 Å². The second-order valence-corrected chi connectivity index (χ2v) is 8.67. The third kappa shape index (κ3) is 3.14. The highest BCUT2D eigenvalue weighted by atomic mass is 127. The Bertz CT molecular complexity index is 1010. The summed E-state index contributed by atoms with van der Waals surface area (Å²) in [6, 6.07) is 9.44. The largest absolute Gasteiger partial charge is 0.365 e. The summed E-state index contributed by atoms with van der Waals surface area (Å²) in [7, 11) is 2.17. The Morgan fingerprint density at radius 1 is 1.00 bits per heavy atom. The van der Waals surface area contributed by atoms with E-state index in [4.69, 9.17) is 4.98 Å². The molecule has 0 unspecified atom stereocenters. The number of hydrogen-bond acceptors (Lipinski definition) is 4. The normalized spacial score (nSPS) is 18.0. The Labute approximate surface area is 178 Å². The predicted octanol–water partition coefficient (Wildman–Crippen LogP) is 3.69. The molecule has 146 valence electrons. The van der Waals surface area contributed by atoms with Gasteiger partial charge in [-0.05, 0) is 37.4 Å². The molecular formula is C21H23FIN5. The molecular weight excluding hydrogens is 468 g/mol. The van der Waals surface area contributed by atoms with Crippen LogP contribution in [0.2, 0.25) is 0 Å². The Morgan fingerprint density at radius 3 is 2.57 bits per heavy atom. The lowest BCUT2D eigenvalue weighted by atomic mass is 10.0. The van der Waals surface area contributed by atoms with E-state index in [1.165, 1.54) is 11.3 Å². The first kappa shape index (κ1) is 18.2. The Hall–Kier alpha value is -1.87. The van der Waals surface area contributed by atoms with E-state index < -0.39 is 0 Å². The van der Waals surface area contributed by atoms with Gasteiger partial charge in [0.25, 0.3) is 0 Å². The zero-order chi connectivity index (χ0) is 19.3. The molecule has 1 saturated heterocycles. The summed E-state index contributed by atoms with van der Waals surface area (Å²) >= 11 is 2.30. The highest BCUT2D eigenvalue weighted by molar-refractivity contribution is 14.1. The lowest BCUT2D eigenvalue weighted by Gasteiger charge is -2.34. The Kier molecular flexibility index (Phi) is 4.66. The smallest absolute Gasteiger partial charge is 0.128 e. The van der Waals surface area contributed by atoms with Gasteiger partial charge in [-0.1, -0.05) is 0 Å². The summed E-state index contributed by atoms with van der Waals surface area (Å²) in [5.74, 6) is 0.884. The van der Waals surface area contributed by atoms with Gasteiger partial charge < -0.3 is 14.7 Å². The maximum atomic E-state index is 13.7. The summed E-state index contributed by atoms with van der Waals surface area (Å²) in [6.45, 7) is 6.01. The van der Waals surface area contributed by atoms with Gasteiger partial charge in [-0.15, -0.1) is 0 Å². The van der Waals surface area contributed by atoms with Crippen LogP contribution in [0.25, 0.3) is 10.9 Å². The van der Waals surface area contributed by atoms with Gasteiger partial charge in [-0.2, -0.15) is 0 Å². The van der Waals surface area contributed by atoms with Crippen LogP contribution in [-0.2, 0) is 13.0 Å². The van der Waals surface area contributed by atoms with Crippen molar-refractivity contribution in [1.29, 1.82) is 0 Å². The van der Waals surface area contributed by atoms with Crippen LogP contribution >= 0.6 is 22.9 Å². The number of pyridine rings is 1. The maximum Gasteiger partial charge on any atom is 0.128 e. The van der Waals surface area contributed by atoms with Crippen LogP contribution < -0.4 is 9.80 Å². The number of halogens is 2. The summed E-state index contributed by atoms with van der Waals surface area (Å²) < 4.78 is 15.8. The summed E-state index contributed by atoms with van der Waals surface area (Å²) in [5, 5.41) is 1.15. The monoisotopic (exact) mass is 491 g/mol. The number of fused-ring (bicyclic) bond motifs is 3. The lowest BCUT2D eigenvalue weighted by Crippen LogP contribution is -2.44. The molecule has 0 saturated carbocycles. The van der Waals surface area contributed by atoms with Gasteiger partial charge in [0, 0.05) is 62.3 Å². The zero-order valence-electron chi connectivity index (χ0n) is 15.9. The van der Waals surface area contributed by atoms with Crippen LogP contribution in [0.3, 0.4) is 0 Å². The number of hydrogen-bond donors (Lipinski definition) is 0. The number of anilines is 2. The fourth-order valence-corrected chi connectivity index (χ4v) is 5.22. The molecule has 0 radical (unpaired) electrons. The first-order chi connectivity index (χ1) is 13.6. The minimum absolute atomic E-state index is 0.180. The summed E-state index contributed by atoms with van der Waals surface area (Å²) in [6.07, 6.45) is 2.95. The highest BCUT2D eigenvalue weighted by Gasteiger charge is 2.24. The van der Waals surface area contributed by atoms with Crippen LogP contribution in [0.5, 0.6) is 0 Å². The highest BCUT2D eigenvalue weighted by Crippen LogP contribution is 2.34. The molecule has 2 aliphatic heterocycles. The number of rotatable bonds is 2. The quantitative estimate of drug-likeness (QED) is 0.512. The lowest BCUT2D eigenvalue weighted by molar-refractivity contribution is 0.312. The molecule has 2 aromatic heterocycles.